The van der Waals surface area contributed by atoms with E-state index in [1.165, 1.54) is 0 Å². The van der Waals surface area contributed by atoms with Crippen LogP contribution < -0.4 is 10.1 Å². The Bertz CT molecular complexity index is 805. The normalized spacial score (nSPS) is 17.4. The van der Waals surface area contributed by atoms with Crippen LogP contribution >= 0.6 is 0 Å². The van der Waals surface area contributed by atoms with Crippen LogP contribution in [0.2, 0.25) is 0 Å². The number of carbonyl (C=O) groups excluding carboxylic acids is 2. The van der Waals surface area contributed by atoms with Crippen LogP contribution in [0.25, 0.3) is 0 Å². The van der Waals surface area contributed by atoms with Crippen molar-refractivity contribution < 1.29 is 14.3 Å². The summed E-state index contributed by atoms with van der Waals surface area (Å²) in [5.74, 6) is 0.763. The number of hydrogen-bond acceptors (Lipinski definition) is 3. The number of nitrogens with one attached hydrogen (secondary N) is 1. The molecular weight excluding hydrogens is 364 g/mol. The summed E-state index contributed by atoms with van der Waals surface area (Å²) in [6, 6.07) is 17.6. The van der Waals surface area contributed by atoms with Crippen molar-refractivity contribution in [2.45, 2.75) is 39.2 Å². The zero-order chi connectivity index (χ0) is 20.6. The van der Waals surface area contributed by atoms with Gasteiger partial charge in [0.05, 0.1) is 18.6 Å². The average molecular weight is 395 g/mol. The van der Waals surface area contributed by atoms with Gasteiger partial charge in [-0.3, -0.25) is 9.59 Å². The quantitative estimate of drug-likeness (QED) is 0.774. The molecule has 1 fully saturated rings. The van der Waals surface area contributed by atoms with Crippen molar-refractivity contribution in [3.05, 3.63) is 65.7 Å². The van der Waals surface area contributed by atoms with Crippen LogP contribution in [0.4, 0.5) is 0 Å². The monoisotopic (exact) mass is 394 g/mol. The Morgan fingerprint density at radius 3 is 2.41 bits per heavy atom. The van der Waals surface area contributed by atoms with Gasteiger partial charge in [-0.25, -0.2) is 0 Å². The van der Waals surface area contributed by atoms with Crippen LogP contribution in [0.3, 0.4) is 0 Å². The summed E-state index contributed by atoms with van der Waals surface area (Å²) < 4.78 is 5.54. The highest BCUT2D eigenvalue weighted by atomic mass is 16.5. The van der Waals surface area contributed by atoms with Crippen LogP contribution in [-0.2, 0) is 9.59 Å². The Morgan fingerprint density at radius 2 is 1.76 bits per heavy atom. The summed E-state index contributed by atoms with van der Waals surface area (Å²) in [4.78, 5) is 27.0. The molecule has 2 unspecified atom stereocenters. The molecule has 1 N–H and O–H groups in total. The maximum atomic E-state index is 13.1. The molecule has 1 saturated heterocycles. The highest BCUT2D eigenvalue weighted by Gasteiger charge is 2.29. The van der Waals surface area contributed by atoms with Crippen molar-refractivity contribution in [3.63, 3.8) is 0 Å². The molecule has 0 radical (unpaired) electrons. The van der Waals surface area contributed by atoms with Crippen molar-refractivity contribution in [1.29, 1.82) is 0 Å². The van der Waals surface area contributed by atoms with E-state index in [1.807, 2.05) is 73.3 Å². The Kier molecular flexibility index (Phi) is 7.28. The first-order valence-corrected chi connectivity index (χ1v) is 10.5. The van der Waals surface area contributed by atoms with E-state index in [-0.39, 0.29) is 23.8 Å². The standard InChI is InChI=1S/C24H30N2O3/c1-3-22(27)26-16-8-11-20(17-26)24(28)25-23(18-9-6-5-7-10-18)19-12-14-21(15-13-19)29-4-2/h5-7,9-10,12-15,20,23H,3-4,8,11,16-17H2,1-2H3,(H,25,28). The van der Waals surface area contributed by atoms with Crippen LogP contribution in [0.1, 0.15) is 50.3 Å². The van der Waals surface area contributed by atoms with Crippen LogP contribution in [0.15, 0.2) is 54.6 Å². The number of amides is 2. The topological polar surface area (TPSA) is 58.6 Å². The third kappa shape index (κ3) is 5.37. The van der Waals surface area contributed by atoms with Gasteiger partial charge in [-0.2, -0.15) is 0 Å². The van der Waals surface area contributed by atoms with Crippen molar-refractivity contribution in [2.75, 3.05) is 19.7 Å². The summed E-state index contributed by atoms with van der Waals surface area (Å²) in [6.07, 6.45) is 2.15. The van der Waals surface area contributed by atoms with Gasteiger partial charge in [-0.1, -0.05) is 49.4 Å². The van der Waals surface area contributed by atoms with Gasteiger partial charge in [0.2, 0.25) is 11.8 Å². The molecule has 2 aromatic rings. The average Bonchev–Trinajstić information content (AvgIpc) is 2.78. The summed E-state index contributed by atoms with van der Waals surface area (Å²) in [5.41, 5.74) is 2.03. The van der Waals surface area contributed by atoms with Crippen molar-refractivity contribution in [1.82, 2.24) is 10.2 Å². The van der Waals surface area contributed by atoms with Crippen LogP contribution in [0, 0.1) is 5.92 Å². The lowest BCUT2D eigenvalue weighted by Crippen LogP contribution is -2.46. The molecule has 0 aromatic heterocycles. The maximum Gasteiger partial charge on any atom is 0.225 e. The zero-order valence-electron chi connectivity index (χ0n) is 17.3. The molecule has 154 valence electrons. The Balaban J connectivity index is 1.78. The van der Waals surface area contributed by atoms with Gasteiger partial charge in [-0.15, -0.1) is 0 Å². The first kappa shape index (κ1) is 20.9. The molecule has 2 amide bonds. The molecule has 5 nitrogen and oxygen atoms in total. The lowest BCUT2D eigenvalue weighted by atomic mass is 9.94. The van der Waals surface area contributed by atoms with Crippen LogP contribution in [-0.4, -0.2) is 36.4 Å². The molecule has 0 aliphatic carbocycles. The van der Waals surface area contributed by atoms with Crippen molar-refractivity contribution in [2.24, 2.45) is 5.92 Å². The molecule has 2 atom stereocenters. The molecule has 0 spiro atoms. The lowest BCUT2D eigenvalue weighted by Gasteiger charge is -2.33. The molecule has 0 saturated carbocycles. The Labute approximate surface area is 173 Å². The fraction of sp³-hybridized carbons (Fsp3) is 0.417. The maximum absolute atomic E-state index is 13.1. The fourth-order valence-electron chi connectivity index (χ4n) is 3.83. The third-order valence-electron chi connectivity index (χ3n) is 5.39. The number of benzene rings is 2. The SMILES string of the molecule is CCOc1ccc(C(NC(=O)C2CCCN(C(=O)CC)C2)c2ccccc2)cc1. The molecule has 1 aliphatic rings. The third-order valence-corrected chi connectivity index (χ3v) is 5.39. The predicted molar refractivity (Wildman–Crippen MR) is 114 cm³/mol. The van der Waals surface area contributed by atoms with Gasteiger partial charge in [0, 0.05) is 19.5 Å². The molecule has 29 heavy (non-hydrogen) atoms. The van der Waals surface area contributed by atoms with E-state index < -0.39 is 0 Å². The van der Waals surface area contributed by atoms with E-state index in [9.17, 15) is 9.59 Å². The molecule has 2 aromatic carbocycles. The predicted octanol–water partition coefficient (Wildman–Crippen LogP) is 3.94. The van der Waals surface area contributed by atoms with Gasteiger partial charge in [-0.05, 0) is 43.0 Å². The van der Waals surface area contributed by atoms with Crippen molar-refractivity contribution in [3.8, 4) is 5.75 Å². The van der Waals surface area contributed by atoms with E-state index in [2.05, 4.69) is 5.32 Å². The lowest BCUT2D eigenvalue weighted by molar-refractivity contribution is -0.135. The molecule has 3 rings (SSSR count). The molecular formula is C24H30N2O3. The molecule has 1 aliphatic heterocycles. The largest absolute Gasteiger partial charge is 0.494 e. The number of rotatable bonds is 7. The Hall–Kier alpha value is -2.82. The minimum absolute atomic E-state index is 0.00124. The van der Waals surface area contributed by atoms with Gasteiger partial charge in [0.15, 0.2) is 0 Å². The smallest absolute Gasteiger partial charge is 0.225 e. The second-order valence-electron chi connectivity index (χ2n) is 7.39. The van der Waals surface area contributed by atoms with Crippen molar-refractivity contribution >= 4 is 11.8 Å². The summed E-state index contributed by atoms with van der Waals surface area (Å²) in [5, 5.41) is 3.23. The molecule has 0 bridgehead atoms. The van der Waals surface area contributed by atoms with Gasteiger partial charge in [0.25, 0.3) is 0 Å². The highest BCUT2D eigenvalue weighted by molar-refractivity contribution is 5.82. The number of carbonyl (C=O) groups is 2. The van der Waals surface area contributed by atoms with Gasteiger partial charge in [0.1, 0.15) is 5.75 Å². The van der Waals surface area contributed by atoms with Gasteiger partial charge < -0.3 is 15.0 Å². The minimum atomic E-state index is -0.239. The van der Waals surface area contributed by atoms with E-state index in [1.54, 1.807) is 0 Å². The first-order chi connectivity index (χ1) is 14.1. The fourth-order valence-corrected chi connectivity index (χ4v) is 3.83. The molecule has 1 heterocycles. The Morgan fingerprint density at radius 1 is 1.07 bits per heavy atom. The number of nitrogens with zero attached hydrogens (tertiary/aromatic N) is 1. The zero-order valence-corrected chi connectivity index (χ0v) is 17.3. The van der Waals surface area contributed by atoms with Crippen LogP contribution in [0.5, 0.6) is 5.75 Å². The second-order valence-corrected chi connectivity index (χ2v) is 7.39. The number of hydrogen-bond donors (Lipinski definition) is 1. The van der Waals surface area contributed by atoms with Gasteiger partial charge >= 0.3 is 0 Å². The highest BCUT2D eigenvalue weighted by Crippen LogP contribution is 2.26. The van der Waals surface area contributed by atoms with E-state index in [0.717, 1.165) is 36.3 Å². The number of likely N-dealkylation sites (tertiary alicyclic amines) is 1. The minimum Gasteiger partial charge on any atom is -0.494 e. The van der Waals surface area contributed by atoms with E-state index in [4.69, 9.17) is 4.74 Å². The molecule has 5 heteroatoms. The summed E-state index contributed by atoms with van der Waals surface area (Å²) in [7, 11) is 0. The second kappa shape index (κ2) is 10.1. The number of ether oxygens (including phenoxy) is 1. The van der Waals surface area contributed by atoms with E-state index >= 15 is 0 Å². The van der Waals surface area contributed by atoms with E-state index in [0.29, 0.717) is 19.6 Å². The summed E-state index contributed by atoms with van der Waals surface area (Å²) in [6.45, 7) is 5.69. The number of piperidine rings is 1. The first-order valence-electron chi connectivity index (χ1n) is 10.5. The summed E-state index contributed by atoms with van der Waals surface area (Å²) >= 11 is 0.